The van der Waals surface area contributed by atoms with E-state index in [4.69, 9.17) is 5.26 Å². The lowest BCUT2D eigenvalue weighted by atomic mass is 10.3. The quantitative estimate of drug-likeness (QED) is 0.831. The van der Waals surface area contributed by atoms with Gasteiger partial charge < -0.3 is 5.32 Å². The van der Waals surface area contributed by atoms with Crippen LogP contribution in [0.3, 0.4) is 0 Å². The zero-order valence-corrected chi connectivity index (χ0v) is 9.54. The number of hydrogen-bond donors (Lipinski definition) is 1. The number of aromatic nitrogens is 1. The van der Waals surface area contributed by atoms with Crippen LogP contribution in [0.15, 0.2) is 18.3 Å². The Morgan fingerprint density at radius 1 is 1.73 bits per heavy atom. The van der Waals surface area contributed by atoms with Gasteiger partial charge in [0.15, 0.2) is 0 Å². The van der Waals surface area contributed by atoms with Gasteiger partial charge in [0.1, 0.15) is 5.82 Å². The summed E-state index contributed by atoms with van der Waals surface area (Å²) < 4.78 is 11.0. The Hall–Kier alpha value is -1.41. The fourth-order valence-corrected chi connectivity index (χ4v) is 2.01. The van der Waals surface area contributed by atoms with Crippen LogP contribution in [0.4, 0.5) is 5.82 Å². The van der Waals surface area contributed by atoms with Crippen molar-refractivity contribution >= 4 is 16.6 Å². The summed E-state index contributed by atoms with van der Waals surface area (Å²) in [6.07, 6.45) is 3.24. The zero-order chi connectivity index (χ0) is 11.3. The van der Waals surface area contributed by atoms with E-state index in [0.717, 1.165) is 0 Å². The van der Waals surface area contributed by atoms with E-state index in [1.165, 1.54) is 0 Å². The predicted molar refractivity (Wildman–Crippen MR) is 61.0 cm³/mol. The fraction of sp³-hybridized carbons (Fsp3) is 0.400. The molecule has 0 aromatic carbocycles. The van der Waals surface area contributed by atoms with E-state index >= 15 is 0 Å². The van der Waals surface area contributed by atoms with Crippen LogP contribution in [-0.2, 0) is 10.8 Å². The molecule has 0 amide bonds. The molecule has 15 heavy (non-hydrogen) atoms. The Balaban J connectivity index is 2.64. The lowest BCUT2D eigenvalue weighted by Crippen LogP contribution is -2.22. The second kappa shape index (κ2) is 5.47. The molecule has 1 N–H and O–H groups in total. The molecule has 1 heterocycles. The standard InChI is InChI=1S/C10H13N3OS/c1-8(7-15(2)14)13-10-5-9(6-11)3-4-12-10/h3-5,8H,7H2,1-2H3,(H,12,13). The van der Waals surface area contributed by atoms with Gasteiger partial charge in [-0.3, -0.25) is 4.21 Å². The molecular weight excluding hydrogens is 210 g/mol. The third-order valence-corrected chi connectivity index (χ3v) is 2.74. The molecule has 0 saturated carbocycles. The number of nitrogens with one attached hydrogen (secondary N) is 1. The second-order valence-corrected chi connectivity index (χ2v) is 4.81. The molecule has 4 nitrogen and oxygen atoms in total. The van der Waals surface area contributed by atoms with Gasteiger partial charge in [0.05, 0.1) is 11.6 Å². The fourth-order valence-electron chi connectivity index (χ4n) is 1.23. The molecule has 2 atom stereocenters. The van der Waals surface area contributed by atoms with Gasteiger partial charge >= 0.3 is 0 Å². The van der Waals surface area contributed by atoms with Gasteiger partial charge in [-0.25, -0.2) is 4.98 Å². The lowest BCUT2D eigenvalue weighted by Gasteiger charge is -2.12. The highest BCUT2D eigenvalue weighted by atomic mass is 32.2. The number of anilines is 1. The molecule has 0 aliphatic carbocycles. The molecule has 0 radical (unpaired) electrons. The molecule has 0 fully saturated rings. The maximum atomic E-state index is 11.0. The van der Waals surface area contributed by atoms with E-state index in [-0.39, 0.29) is 6.04 Å². The van der Waals surface area contributed by atoms with Crippen LogP contribution in [0.2, 0.25) is 0 Å². The van der Waals surface area contributed by atoms with Crippen molar-refractivity contribution in [2.75, 3.05) is 17.3 Å². The van der Waals surface area contributed by atoms with E-state index in [0.29, 0.717) is 17.1 Å². The molecule has 0 aliphatic rings. The average molecular weight is 223 g/mol. The first kappa shape index (κ1) is 11.7. The van der Waals surface area contributed by atoms with E-state index in [9.17, 15) is 4.21 Å². The van der Waals surface area contributed by atoms with Crippen molar-refractivity contribution in [1.29, 1.82) is 5.26 Å². The van der Waals surface area contributed by atoms with Gasteiger partial charge in [0.25, 0.3) is 0 Å². The molecule has 1 aromatic rings. The monoisotopic (exact) mass is 223 g/mol. The number of rotatable bonds is 4. The number of hydrogen-bond acceptors (Lipinski definition) is 4. The molecule has 5 heteroatoms. The van der Waals surface area contributed by atoms with Gasteiger partial charge in [-0.05, 0) is 19.1 Å². The van der Waals surface area contributed by atoms with E-state index in [1.807, 2.05) is 13.0 Å². The van der Waals surface area contributed by atoms with Crippen molar-refractivity contribution in [3.8, 4) is 6.07 Å². The largest absolute Gasteiger partial charge is 0.367 e. The van der Waals surface area contributed by atoms with Crippen LogP contribution in [0.5, 0.6) is 0 Å². The molecular formula is C10H13N3OS. The van der Waals surface area contributed by atoms with Gasteiger partial charge in [-0.15, -0.1) is 0 Å². The van der Waals surface area contributed by atoms with Crippen molar-refractivity contribution in [3.63, 3.8) is 0 Å². The van der Waals surface area contributed by atoms with Gasteiger partial charge in [0.2, 0.25) is 0 Å². The van der Waals surface area contributed by atoms with Gasteiger partial charge in [-0.2, -0.15) is 5.26 Å². The third kappa shape index (κ3) is 4.09. The van der Waals surface area contributed by atoms with Crippen LogP contribution in [-0.4, -0.2) is 27.2 Å². The van der Waals surface area contributed by atoms with E-state index < -0.39 is 10.8 Å². The van der Waals surface area contributed by atoms with E-state index in [1.54, 1.807) is 24.6 Å². The zero-order valence-electron chi connectivity index (χ0n) is 8.73. The van der Waals surface area contributed by atoms with Crippen molar-refractivity contribution in [3.05, 3.63) is 23.9 Å². The Bertz CT molecular complexity index is 400. The highest BCUT2D eigenvalue weighted by molar-refractivity contribution is 7.84. The third-order valence-electron chi connectivity index (χ3n) is 1.77. The minimum atomic E-state index is -0.832. The van der Waals surface area contributed by atoms with Crippen LogP contribution < -0.4 is 5.32 Å². The highest BCUT2D eigenvalue weighted by Gasteiger charge is 2.05. The molecule has 1 rings (SSSR count). The molecule has 0 saturated heterocycles. The first-order valence-electron chi connectivity index (χ1n) is 4.54. The van der Waals surface area contributed by atoms with Gasteiger partial charge in [-0.1, -0.05) is 0 Å². The Labute approximate surface area is 91.8 Å². The summed E-state index contributed by atoms with van der Waals surface area (Å²) in [5.41, 5.74) is 0.567. The smallest absolute Gasteiger partial charge is 0.127 e. The van der Waals surface area contributed by atoms with Crippen LogP contribution >= 0.6 is 0 Å². The molecule has 2 unspecified atom stereocenters. The first-order chi connectivity index (χ1) is 7.11. The normalized spacial score (nSPS) is 13.9. The summed E-state index contributed by atoms with van der Waals surface area (Å²) in [5, 5.41) is 11.8. The van der Waals surface area contributed by atoms with Crippen LogP contribution in [0, 0.1) is 11.3 Å². The summed E-state index contributed by atoms with van der Waals surface area (Å²) >= 11 is 0. The summed E-state index contributed by atoms with van der Waals surface area (Å²) in [6, 6.07) is 5.44. The Morgan fingerprint density at radius 2 is 2.47 bits per heavy atom. The number of nitriles is 1. The average Bonchev–Trinajstić information content (AvgIpc) is 2.16. The number of nitrogens with zero attached hydrogens (tertiary/aromatic N) is 2. The molecule has 0 aliphatic heterocycles. The van der Waals surface area contributed by atoms with Crippen molar-refractivity contribution < 1.29 is 4.21 Å². The summed E-state index contributed by atoms with van der Waals surface area (Å²) in [5.74, 6) is 1.21. The summed E-state index contributed by atoms with van der Waals surface area (Å²) in [4.78, 5) is 4.07. The summed E-state index contributed by atoms with van der Waals surface area (Å²) in [6.45, 7) is 1.93. The maximum Gasteiger partial charge on any atom is 0.127 e. The van der Waals surface area contributed by atoms with Crippen LogP contribution in [0.25, 0.3) is 0 Å². The van der Waals surface area contributed by atoms with E-state index in [2.05, 4.69) is 10.3 Å². The van der Waals surface area contributed by atoms with Crippen LogP contribution in [0.1, 0.15) is 12.5 Å². The topological polar surface area (TPSA) is 65.8 Å². The molecule has 1 aromatic heterocycles. The SMILES string of the molecule is CC(CS(C)=O)Nc1cc(C#N)ccn1. The highest BCUT2D eigenvalue weighted by Crippen LogP contribution is 2.07. The van der Waals surface area contributed by atoms with Crippen molar-refractivity contribution in [2.45, 2.75) is 13.0 Å². The Kier molecular flexibility index (Phi) is 4.25. The molecule has 0 bridgehead atoms. The maximum absolute atomic E-state index is 11.0. The first-order valence-corrected chi connectivity index (χ1v) is 6.27. The summed E-state index contributed by atoms with van der Waals surface area (Å²) in [7, 11) is -0.832. The molecule has 80 valence electrons. The molecule has 0 spiro atoms. The Morgan fingerprint density at radius 3 is 3.07 bits per heavy atom. The minimum absolute atomic E-state index is 0.0808. The van der Waals surface area contributed by atoms with Gasteiger partial charge in [0, 0.05) is 35.0 Å². The van der Waals surface area contributed by atoms with Crippen molar-refractivity contribution in [1.82, 2.24) is 4.98 Å². The minimum Gasteiger partial charge on any atom is -0.367 e. The number of pyridine rings is 1. The van der Waals surface area contributed by atoms with Crippen molar-refractivity contribution in [2.24, 2.45) is 0 Å². The predicted octanol–water partition coefficient (Wildman–Crippen LogP) is 1.13. The second-order valence-electron chi connectivity index (χ2n) is 3.33. The lowest BCUT2D eigenvalue weighted by molar-refractivity contribution is 0.683.